The topological polar surface area (TPSA) is 3.24 Å². The molecule has 0 aliphatic carbocycles. The quantitative estimate of drug-likeness (QED) is 0.388. The van der Waals surface area contributed by atoms with Crippen molar-refractivity contribution in [2.45, 2.75) is 74.2 Å². The predicted octanol–water partition coefficient (Wildman–Crippen LogP) is -2.26. The first kappa shape index (κ1) is 18.4. The maximum Gasteiger partial charge on any atom is 0.116 e. The Morgan fingerprint density at radius 3 is 1.90 bits per heavy atom. The summed E-state index contributed by atoms with van der Waals surface area (Å²) in [6.45, 7) is 8.42. The average Bonchev–Trinajstić information content (AvgIpc) is 2.43. The van der Waals surface area contributed by atoms with Crippen LogP contribution in [0.4, 0.5) is 0 Å². The molecule has 0 amide bonds. The average molecular weight is 268 g/mol. The molecule has 7 heteroatoms. The Morgan fingerprint density at radius 1 is 0.950 bits per heavy atom. The molecule has 20 heavy (non-hydrogen) atoms. The Bertz CT molecular complexity index is 340. The van der Waals surface area contributed by atoms with Crippen molar-refractivity contribution in [2.24, 2.45) is 0 Å². The number of nitrogens with zero attached hydrogens (tertiary/aromatic N) is 1. The van der Waals surface area contributed by atoms with Crippen LogP contribution in [0.5, 0.6) is 0 Å². The van der Waals surface area contributed by atoms with E-state index in [1.807, 2.05) is 0 Å². The van der Waals surface area contributed by atoms with E-state index in [4.69, 9.17) is 0 Å². The van der Waals surface area contributed by atoms with Crippen LogP contribution < -0.4 is 0 Å². The molecule has 1 fully saturated rings. The van der Waals surface area contributed by atoms with Gasteiger partial charge in [-0.3, -0.25) is 0 Å². The van der Waals surface area contributed by atoms with Crippen LogP contribution >= 0.6 is 0 Å². The zero-order valence-electron chi connectivity index (χ0n) is 15.7. The number of rotatable bonds is 6. The van der Waals surface area contributed by atoms with E-state index in [2.05, 4.69) is 72.7 Å². The summed E-state index contributed by atoms with van der Waals surface area (Å²) in [7, 11) is 14.7. The molecule has 0 aromatic carbocycles. The van der Waals surface area contributed by atoms with Crippen LogP contribution in [0.1, 0.15) is 52.9 Å². The van der Waals surface area contributed by atoms with Crippen LogP contribution in [0.3, 0.4) is 0 Å². The largest absolute Gasteiger partial charge is 0.310 e. The number of hydrogen-bond acceptors (Lipinski definition) is 1. The summed E-state index contributed by atoms with van der Waals surface area (Å²) in [5.41, 5.74) is 0.308. The van der Waals surface area contributed by atoms with Crippen LogP contribution in [0.2, 0.25) is 10.4 Å². The van der Waals surface area contributed by atoms with E-state index in [9.17, 15) is 0 Å². The minimum absolute atomic E-state index is 0.255. The van der Waals surface area contributed by atoms with Crippen molar-refractivity contribution in [1.29, 1.82) is 0 Å². The fourth-order valence-corrected chi connectivity index (χ4v) is 4.05. The maximum absolute atomic E-state index is 2.80. The lowest BCUT2D eigenvalue weighted by Crippen LogP contribution is -2.60. The van der Waals surface area contributed by atoms with E-state index in [1.54, 1.807) is 0 Å². The predicted molar refractivity (Wildman–Crippen MR) is 109 cm³/mol. The first-order valence-corrected chi connectivity index (χ1v) is 8.68. The molecule has 0 radical (unpaired) electrons. The fourth-order valence-electron chi connectivity index (χ4n) is 4.05. The summed E-state index contributed by atoms with van der Waals surface area (Å²) in [5.74, 6) is 0. The first-order chi connectivity index (χ1) is 8.90. The van der Waals surface area contributed by atoms with E-state index in [0.717, 1.165) is 0 Å². The molecule has 0 aromatic rings. The van der Waals surface area contributed by atoms with Gasteiger partial charge in [-0.05, 0) is 32.2 Å². The van der Waals surface area contributed by atoms with E-state index >= 15 is 0 Å². The Kier molecular flexibility index (Phi) is 5.39. The summed E-state index contributed by atoms with van der Waals surface area (Å²) in [4.78, 5) is 2.80. The molecule has 0 saturated carbocycles. The van der Waals surface area contributed by atoms with E-state index < -0.39 is 0 Å². The third-order valence-electron chi connectivity index (χ3n) is 6.82. The lowest BCUT2D eigenvalue weighted by atomic mass is 9.22. The van der Waals surface area contributed by atoms with Gasteiger partial charge in [0.15, 0.2) is 0 Å². The third-order valence-corrected chi connectivity index (χ3v) is 6.82. The van der Waals surface area contributed by atoms with Gasteiger partial charge < -0.3 is 4.90 Å². The van der Waals surface area contributed by atoms with Crippen LogP contribution in [-0.2, 0) is 0 Å². The minimum Gasteiger partial charge on any atom is -0.310 e. The van der Waals surface area contributed by atoms with E-state index in [-0.39, 0.29) is 5.34 Å². The van der Waals surface area contributed by atoms with Crippen molar-refractivity contribution in [3.05, 3.63) is 0 Å². The summed E-state index contributed by atoms with van der Waals surface area (Å²) < 4.78 is 0. The van der Waals surface area contributed by atoms with Gasteiger partial charge in [0.2, 0.25) is 0 Å². The molecular formula is C13H33B6N. The number of likely N-dealkylation sites (tertiary alicyclic amines) is 1. The van der Waals surface area contributed by atoms with Crippen LogP contribution in [0, 0.1) is 0 Å². The maximum atomic E-state index is 2.80. The molecule has 1 rings (SSSR count). The second kappa shape index (κ2) is 5.86. The van der Waals surface area contributed by atoms with Crippen molar-refractivity contribution < 1.29 is 0 Å². The highest BCUT2D eigenvalue weighted by Gasteiger charge is 2.58. The molecule has 1 saturated heterocycles. The van der Waals surface area contributed by atoms with Crippen molar-refractivity contribution in [3.63, 3.8) is 0 Å². The second-order valence-corrected chi connectivity index (χ2v) is 9.28. The van der Waals surface area contributed by atoms with Gasteiger partial charge in [-0.15, -0.1) is 0 Å². The van der Waals surface area contributed by atoms with Crippen molar-refractivity contribution in [3.8, 4) is 0 Å². The van der Waals surface area contributed by atoms with Crippen molar-refractivity contribution in [1.82, 2.24) is 4.90 Å². The number of unbranched alkanes of at least 4 members (excludes halogenated alkanes) is 3. The Morgan fingerprint density at radius 2 is 1.50 bits per heavy atom. The minimum atomic E-state index is 0.255. The normalized spacial score (nSPS) is 24.8. The van der Waals surface area contributed by atoms with Gasteiger partial charge >= 0.3 is 0 Å². The van der Waals surface area contributed by atoms with Gasteiger partial charge in [0, 0.05) is 5.54 Å². The van der Waals surface area contributed by atoms with Crippen LogP contribution in [-0.4, -0.2) is 69.4 Å². The molecule has 1 aliphatic rings. The summed E-state index contributed by atoms with van der Waals surface area (Å²) in [6.07, 6.45) is 6.80. The molecule has 108 valence electrons. The third kappa shape index (κ3) is 3.08. The highest BCUT2D eigenvalue weighted by Crippen LogP contribution is 2.58. The Balaban J connectivity index is 2.85. The molecule has 1 nitrogen and oxygen atoms in total. The highest BCUT2D eigenvalue weighted by atomic mass is 15.3. The molecule has 1 heterocycles. The summed E-state index contributed by atoms with van der Waals surface area (Å²) in [5, 5.41) is 0.961. The van der Waals surface area contributed by atoms with Gasteiger partial charge in [-0.2, -0.15) is 0 Å². The second-order valence-electron chi connectivity index (χ2n) is 9.28. The smallest absolute Gasteiger partial charge is 0.116 e. The molecule has 0 atom stereocenters. The standard InChI is InChI=1S/C13H33B6N/c1-4-5-6-7-8-10(2,3)20-9-11(14,15)12(16,17)13(20,18)19/h4-9,14-19H2,1-3H3. The van der Waals surface area contributed by atoms with Crippen LogP contribution in [0.15, 0.2) is 0 Å². The van der Waals surface area contributed by atoms with E-state index in [1.165, 1.54) is 38.6 Å². The SMILES string of the molecule is BC1(B)CN(C(C)(C)CCCCCC)C(B)(B)C1(B)B. The zero-order valence-corrected chi connectivity index (χ0v) is 15.7. The molecule has 0 bridgehead atoms. The lowest BCUT2D eigenvalue weighted by molar-refractivity contribution is 0.106. The summed E-state index contributed by atoms with van der Waals surface area (Å²) >= 11 is 0. The van der Waals surface area contributed by atoms with Gasteiger partial charge in [0.05, 0.1) is 31.4 Å². The van der Waals surface area contributed by atoms with Gasteiger partial charge in [0.1, 0.15) is 15.7 Å². The van der Waals surface area contributed by atoms with Crippen molar-refractivity contribution in [2.75, 3.05) is 6.54 Å². The monoisotopic (exact) mass is 269 g/mol. The Hall–Kier alpha value is 0.350. The zero-order chi connectivity index (χ0) is 15.8. The van der Waals surface area contributed by atoms with E-state index in [0.29, 0.717) is 16.0 Å². The molecule has 0 spiro atoms. The molecule has 0 unspecified atom stereocenters. The molecular weight excluding hydrogens is 235 g/mol. The molecule has 0 N–H and O–H groups in total. The van der Waals surface area contributed by atoms with Gasteiger partial charge in [-0.1, -0.05) is 43.0 Å². The van der Waals surface area contributed by atoms with Crippen molar-refractivity contribution >= 4 is 47.1 Å². The van der Waals surface area contributed by atoms with Gasteiger partial charge in [-0.25, -0.2) is 0 Å². The molecule has 1 aliphatic heterocycles. The van der Waals surface area contributed by atoms with Crippen LogP contribution in [0.25, 0.3) is 0 Å². The van der Waals surface area contributed by atoms with Gasteiger partial charge in [0.25, 0.3) is 0 Å². The Labute approximate surface area is 133 Å². The number of hydrogen-bond donors (Lipinski definition) is 0. The lowest BCUT2D eigenvalue weighted by Gasteiger charge is -2.51. The first-order valence-electron chi connectivity index (χ1n) is 8.68. The fraction of sp³-hybridized carbons (Fsp3) is 1.00. The highest BCUT2D eigenvalue weighted by molar-refractivity contribution is 6.62. The summed E-state index contributed by atoms with van der Waals surface area (Å²) in [6, 6.07) is 0. The molecule has 0 aromatic heterocycles.